The Morgan fingerprint density at radius 2 is 2.33 bits per heavy atom. The second-order valence-electron chi connectivity index (χ2n) is 3.18. The first-order valence-electron chi connectivity index (χ1n) is 4.98. The number of carboxylic acid groups (broad SMARTS) is 1. The fourth-order valence-electron chi connectivity index (χ4n) is 1.16. The van der Waals surface area contributed by atoms with E-state index in [2.05, 4.69) is 11.3 Å². The number of nitrogens with one attached hydrogen (secondary N) is 1. The molecule has 0 aromatic carbocycles. The highest BCUT2D eigenvalue weighted by molar-refractivity contribution is 7.89. The molecular weight excluding hydrogens is 278 g/mol. The maximum absolute atomic E-state index is 11.8. The molecule has 0 radical (unpaired) electrons. The maximum atomic E-state index is 11.8. The van der Waals surface area contributed by atoms with E-state index >= 15 is 0 Å². The lowest BCUT2D eigenvalue weighted by molar-refractivity contribution is 0.0698. The Morgan fingerprint density at radius 3 is 2.94 bits per heavy atom. The molecule has 1 aromatic rings. The fourth-order valence-corrected chi connectivity index (χ4v) is 3.43. The van der Waals surface area contributed by atoms with E-state index in [9.17, 15) is 13.2 Å². The van der Waals surface area contributed by atoms with Gasteiger partial charge in [0.05, 0.1) is 13.2 Å². The molecule has 18 heavy (non-hydrogen) atoms. The van der Waals surface area contributed by atoms with Gasteiger partial charge in [-0.1, -0.05) is 6.08 Å². The number of thiophene rings is 1. The van der Waals surface area contributed by atoms with Gasteiger partial charge in [0.15, 0.2) is 0 Å². The molecule has 0 aliphatic heterocycles. The minimum atomic E-state index is -3.81. The molecule has 8 heteroatoms. The first-order chi connectivity index (χ1) is 8.49. The van der Waals surface area contributed by atoms with Gasteiger partial charge in [0.2, 0.25) is 10.0 Å². The Labute approximate surface area is 109 Å². The van der Waals surface area contributed by atoms with E-state index < -0.39 is 16.0 Å². The Kier molecular flexibility index (Phi) is 5.48. The molecule has 0 fully saturated rings. The highest BCUT2D eigenvalue weighted by Gasteiger charge is 2.23. The zero-order chi connectivity index (χ0) is 13.6. The molecule has 0 unspecified atom stereocenters. The number of aromatic carboxylic acids is 1. The number of rotatable bonds is 8. The summed E-state index contributed by atoms with van der Waals surface area (Å²) < 4.78 is 30.9. The Hall–Kier alpha value is -1.22. The predicted molar refractivity (Wildman–Crippen MR) is 67.5 cm³/mol. The number of hydrogen-bond donors (Lipinski definition) is 2. The third kappa shape index (κ3) is 3.91. The SMILES string of the molecule is C=CCOCCNS(=O)(=O)c1ccsc1C(=O)O. The zero-order valence-corrected chi connectivity index (χ0v) is 11.1. The van der Waals surface area contributed by atoms with Crippen LogP contribution in [0.1, 0.15) is 9.67 Å². The Morgan fingerprint density at radius 1 is 1.61 bits per heavy atom. The molecule has 0 aliphatic rings. The van der Waals surface area contributed by atoms with E-state index in [1.807, 2.05) is 0 Å². The van der Waals surface area contributed by atoms with Crippen LogP contribution in [0.15, 0.2) is 29.0 Å². The molecule has 0 atom stereocenters. The van der Waals surface area contributed by atoms with Gasteiger partial charge in [0, 0.05) is 6.54 Å². The number of ether oxygens (including phenoxy) is 1. The van der Waals surface area contributed by atoms with Crippen LogP contribution in [0, 0.1) is 0 Å². The summed E-state index contributed by atoms with van der Waals surface area (Å²) in [6.45, 7) is 4.05. The van der Waals surface area contributed by atoms with Crippen LogP contribution in [-0.2, 0) is 14.8 Å². The highest BCUT2D eigenvalue weighted by Crippen LogP contribution is 2.21. The predicted octanol–water partition coefficient (Wildman–Crippen LogP) is 0.927. The van der Waals surface area contributed by atoms with E-state index in [1.165, 1.54) is 11.4 Å². The summed E-state index contributed by atoms with van der Waals surface area (Å²) in [7, 11) is -3.81. The molecule has 1 rings (SSSR count). The van der Waals surface area contributed by atoms with Crippen LogP contribution in [0.5, 0.6) is 0 Å². The molecule has 0 saturated carbocycles. The van der Waals surface area contributed by atoms with Gasteiger partial charge in [-0.05, 0) is 11.4 Å². The largest absolute Gasteiger partial charge is 0.477 e. The quantitative estimate of drug-likeness (QED) is 0.549. The number of carboxylic acids is 1. The van der Waals surface area contributed by atoms with E-state index in [0.717, 1.165) is 11.3 Å². The molecule has 1 aromatic heterocycles. The van der Waals surface area contributed by atoms with E-state index in [1.54, 1.807) is 6.08 Å². The highest BCUT2D eigenvalue weighted by atomic mass is 32.2. The Balaban J connectivity index is 2.66. The van der Waals surface area contributed by atoms with Crippen LogP contribution in [0.25, 0.3) is 0 Å². The standard InChI is InChI=1S/C10H13NO5S2/c1-2-5-16-6-4-11-18(14,15)8-3-7-17-9(8)10(12)13/h2-3,7,11H,1,4-6H2,(H,12,13). The first-order valence-corrected chi connectivity index (χ1v) is 7.34. The second kappa shape index (κ2) is 6.64. The molecule has 0 aliphatic carbocycles. The fraction of sp³-hybridized carbons (Fsp3) is 0.300. The Bertz CT molecular complexity index is 520. The van der Waals surface area contributed by atoms with Gasteiger partial charge in [0.1, 0.15) is 9.77 Å². The summed E-state index contributed by atoms with van der Waals surface area (Å²) in [6.07, 6.45) is 1.55. The van der Waals surface area contributed by atoms with Crippen LogP contribution >= 0.6 is 11.3 Å². The monoisotopic (exact) mass is 291 g/mol. The molecular formula is C10H13NO5S2. The van der Waals surface area contributed by atoms with Gasteiger partial charge >= 0.3 is 5.97 Å². The molecule has 2 N–H and O–H groups in total. The van der Waals surface area contributed by atoms with Gasteiger partial charge in [-0.3, -0.25) is 0 Å². The summed E-state index contributed by atoms with van der Waals surface area (Å²) in [5.41, 5.74) is 0. The number of carbonyl (C=O) groups is 1. The van der Waals surface area contributed by atoms with Crippen molar-refractivity contribution in [3.05, 3.63) is 29.0 Å². The molecule has 1 heterocycles. The third-order valence-corrected chi connectivity index (χ3v) is 4.42. The first kappa shape index (κ1) is 14.8. The summed E-state index contributed by atoms with van der Waals surface area (Å²) >= 11 is 0.869. The molecule has 100 valence electrons. The van der Waals surface area contributed by atoms with Crippen LogP contribution in [-0.4, -0.2) is 39.3 Å². The van der Waals surface area contributed by atoms with Crippen molar-refractivity contribution in [2.75, 3.05) is 19.8 Å². The summed E-state index contributed by atoms with van der Waals surface area (Å²) in [5, 5.41) is 10.3. The lowest BCUT2D eigenvalue weighted by Crippen LogP contribution is -2.28. The van der Waals surface area contributed by atoms with Crippen LogP contribution in [0.2, 0.25) is 0 Å². The van der Waals surface area contributed by atoms with E-state index in [0.29, 0.717) is 6.61 Å². The van der Waals surface area contributed by atoms with Crippen molar-refractivity contribution in [3.63, 3.8) is 0 Å². The van der Waals surface area contributed by atoms with Crippen molar-refractivity contribution in [2.24, 2.45) is 0 Å². The number of sulfonamides is 1. The van der Waals surface area contributed by atoms with Gasteiger partial charge in [0.25, 0.3) is 0 Å². The molecule has 6 nitrogen and oxygen atoms in total. The normalized spacial score (nSPS) is 11.3. The minimum absolute atomic E-state index is 0.0745. The van der Waals surface area contributed by atoms with Gasteiger partial charge in [-0.2, -0.15) is 0 Å². The summed E-state index contributed by atoms with van der Waals surface area (Å²) in [4.78, 5) is 10.4. The van der Waals surface area contributed by atoms with Crippen molar-refractivity contribution in [1.82, 2.24) is 4.72 Å². The van der Waals surface area contributed by atoms with Gasteiger partial charge in [-0.25, -0.2) is 17.9 Å². The smallest absolute Gasteiger partial charge is 0.347 e. The van der Waals surface area contributed by atoms with Crippen molar-refractivity contribution in [1.29, 1.82) is 0 Å². The van der Waals surface area contributed by atoms with Gasteiger partial charge in [-0.15, -0.1) is 17.9 Å². The summed E-state index contributed by atoms with van der Waals surface area (Å²) in [6, 6.07) is 1.26. The van der Waals surface area contributed by atoms with E-state index in [4.69, 9.17) is 9.84 Å². The molecule has 0 spiro atoms. The molecule has 0 amide bonds. The summed E-state index contributed by atoms with van der Waals surface area (Å²) in [5.74, 6) is -1.26. The topological polar surface area (TPSA) is 92.7 Å². The van der Waals surface area contributed by atoms with Crippen molar-refractivity contribution >= 4 is 27.3 Å². The average Bonchev–Trinajstić information content (AvgIpc) is 2.78. The van der Waals surface area contributed by atoms with E-state index in [-0.39, 0.29) is 22.9 Å². The van der Waals surface area contributed by atoms with Crippen molar-refractivity contribution < 1.29 is 23.1 Å². The van der Waals surface area contributed by atoms with Gasteiger partial charge < -0.3 is 9.84 Å². The second-order valence-corrected chi connectivity index (χ2v) is 5.83. The lowest BCUT2D eigenvalue weighted by Gasteiger charge is -2.06. The zero-order valence-electron chi connectivity index (χ0n) is 9.46. The van der Waals surface area contributed by atoms with Crippen LogP contribution in [0.4, 0.5) is 0 Å². The average molecular weight is 291 g/mol. The third-order valence-electron chi connectivity index (χ3n) is 1.89. The van der Waals surface area contributed by atoms with Crippen molar-refractivity contribution in [3.8, 4) is 0 Å². The lowest BCUT2D eigenvalue weighted by atomic mass is 10.5. The molecule has 0 bridgehead atoms. The number of hydrogen-bond acceptors (Lipinski definition) is 5. The van der Waals surface area contributed by atoms with Crippen molar-refractivity contribution in [2.45, 2.75) is 4.90 Å². The molecule has 0 saturated heterocycles. The van der Waals surface area contributed by atoms with Crippen LogP contribution in [0.3, 0.4) is 0 Å². The minimum Gasteiger partial charge on any atom is -0.477 e. The van der Waals surface area contributed by atoms with Crippen LogP contribution < -0.4 is 4.72 Å². The maximum Gasteiger partial charge on any atom is 0.347 e.